The molecule has 0 atom stereocenters. The summed E-state index contributed by atoms with van der Waals surface area (Å²) in [7, 11) is 0. The Morgan fingerprint density at radius 3 is 1.79 bits per heavy atom. The maximum Gasteiger partial charge on any atom is 0.142 e. The molecule has 1 saturated carbocycles. The lowest BCUT2D eigenvalue weighted by molar-refractivity contribution is -0.130. The van der Waals surface area contributed by atoms with E-state index in [0.717, 1.165) is 45.4 Å². The Morgan fingerprint density at radius 1 is 0.750 bits per heavy atom. The summed E-state index contributed by atoms with van der Waals surface area (Å²) in [5, 5.41) is 0. The summed E-state index contributed by atoms with van der Waals surface area (Å²) in [6, 6.07) is 21.0. The molecule has 3 nitrogen and oxygen atoms in total. The topological polar surface area (TPSA) is 23.6 Å². The summed E-state index contributed by atoms with van der Waals surface area (Å²) in [6.45, 7) is 2.53. The van der Waals surface area contributed by atoms with Gasteiger partial charge >= 0.3 is 0 Å². The fraction of sp³-hybridized carbons (Fsp3) is 0.381. The van der Waals surface area contributed by atoms with E-state index in [1.165, 1.54) is 11.4 Å². The molecule has 1 spiro atoms. The molecule has 4 rings (SSSR count). The van der Waals surface area contributed by atoms with Gasteiger partial charge in [0.1, 0.15) is 5.78 Å². The molecule has 3 heteroatoms. The third-order valence-corrected chi connectivity index (χ3v) is 5.47. The van der Waals surface area contributed by atoms with Gasteiger partial charge in [0.25, 0.3) is 0 Å². The van der Waals surface area contributed by atoms with Crippen molar-refractivity contribution in [1.29, 1.82) is 0 Å². The van der Waals surface area contributed by atoms with E-state index in [0.29, 0.717) is 5.78 Å². The van der Waals surface area contributed by atoms with Gasteiger partial charge in [-0.2, -0.15) is 0 Å². The molecule has 1 aliphatic heterocycles. The van der Waals surface area contributed by atoms with Crippen molar-refractivity contribution in [3.05, 3.63) is 60.7 Å². The molecule has 0 aromatic heterocycles. The summed E-state index contributed by atoms with van der Waals surface area (Å²) < 4.78 is 0. The van der Waals surface area contributed by atoms with Crippen LogP contribution in [0.5, 0.6) is 0 Å². The molecule has 2 aliphatic rings. The number of ketones is 1. The van der Waals surface area contributed by atoms with Crippen molar-refractivity contribution >= 4 is 17.2 Å². The summed E-state index contributed by atoms with van der Waals surface area (Å²) in [5.74, 6) is 0.454. The number of benzene rings is 2. The highest BCUT2D eigenvalue weighted by atomic mass is 16.1. The number of para-hydroxylation sites is 2. The number of hydrogen-bond donors (Lipinski definition) is 0. The molecule has 0 N–H and O–H groups in total. The highest BCUT2D eigenvalue weighted by Crippen LogP contribution is 2.40. The van der Waals surface area contributed by atoms with Gasteiger partial charge in [0.2, 0.25) is 0 Å². The van der Waals surface area contributed by atoms with Crippen molar-refractivity contribution in [3.8, 4) is 0 Å². The van der Waals surface area contributed by atoms with E-state index < -0.39 is 0 Å². The highest BCUT2D eigenvalue weighted by Gasteiger charge is 2.45. The summed E-state index contributed by atoms with van der Waals surface area (Å²) in [4.78, 5) is 17.6. The summed E-state index contributed by atoms with van der Waals surface area (Å²) >= 11 is 0. The lowest BCUT2D eigenvalue weighted by atomic mass is 9.71. The largest absolute Gasteiger partial charge is 0.353 e. The van der Waals surface area contributed by atoms with Gasteiger partial charge < -0.3 is 9.80 Å². The van der Waals surface area contributed by atoms with Gasteiger partial charge in [-0.25, -0.2) is 0 Å². The maximum absolute atomic E-state index is 12.9. The molecule has 24 heavy (non-hydrogen) atoms. The number of Topliss-reactive ketones (excluding diaryl/α,β-unsaturated/α-hetero) is 1. The highest BCUT2D eigenvalue weighted by molar-refractivity contribution is 5.87. The molecule has 2 fully saturated rings. The fourth-order valence-electron chi connectivity index (χ4n) is 4.20. The van der Waals surface area contributed by atoms with Crippen LogP contribution in [0.4, 0.5) is 11.4 Å². The zero-order chi connectivity index (χ0) is 16.4. The van der Waals surface area contributed by atoms with Crippen LogP contribution in [0.3, 0.4) is 0 Å². The van der Waals surface area contributed by atoms with Crippen LogP contribution in [0.2, 0.25) is 0 Å². The van der Waals surface area contributed by atoms with Gasteiger partial charge in [-0.3, -0.25) is 4.79 Å². The molecule has 0 amide bonds. The molecular formula is C21H24N2O. The van der Waals surface area contributed by atoms with Gasteiger partial charge in [-0.15, -0.1) is 0 Å². The molecule has 124 valence electrons. The number of rotatable bonds is 2. The summed E-state index contributed by atoms with van der Waals surface area (Å²) in [5.41, 5.74) is 2.19. The van der Waals surface area contributed by atoms with Crippen LogP contribution in [0.15, 0.2) is 60.7 Å². The zero-order valence-corrected chi connectivity index (χ0v) is 14.0. The van der Waals surface area contributed by atoms with Crippen LogP contribution in [0, 0.1) is 5.41 Å². The number of nitrogens with zero attached hydrogens (tertiary/aromatic N) is 2. The van der Waals surface area contributed by atoms with Gasteiger partial charge in [0.15, 0.2) is 0 Å². The molecule has 0 bridgehead atoms. The Labute approximate surface area is 143 Å². The van der Waals surface area contributed by atoms with Crippen LogP contribution in [-0.2, 0) is 4.79 Å². The Bertz CT molecular complexity index is 651. The van der Waals surface area contributed by atoms with Crippen LogP contribution in [0.25, 0.3) is 0 Å². The van der Waals surface area contributed by atoms with E-state index in [-0.39, 0.29) is 5.41 Å². The molecule has 0 radical (unpaired) electrons. The van der Waals surface area contributed by atoms with E-state index in [1.807, 2.05) is 12.1 Å². The van der Waals surface area contributed by atoms with Crippen molar-refractivity contribution in [1.82, 2.24) is 0 Å². The molecule has 1 aliphatic carbocycles. The second-order valence-corrected chi connectivity index (χ2v) is 7.12. The van der Waals surface area contributed by atoms with Crippen molar-refractivity contribution in [2.75, 3.05) is 29.6 Å². The van der Waals surface area contributed by atoms with Crippen molar-refractivity contribution in [3.63, 3.8) is 0 Å². The summed E-state index contributed by atoms with van der Waals surface area (Å²) in [6.07, 6.45) is 3.97. The fourth-order valence-corrected chi connectivity index (χ4v) is 4.20. The number of anilines is 2. The lowest BCUT2D eigenvalue weighted by Crippen LogP contribution is -2.60. The van der Waals surface area contributed by atoms with Crippen LogP contribution < -0.4 is 9.80 Å². The van der Waals surface area contributed by atoms with Gasteiger partial charge in [-0.05, 0) is 37.1 Å². The van der Waals surface area contributed by atoms with Crippen molar-refractivity contribution < 1.29 is 4.79 Å². The predicted molar refractivity (Wildman–Crippen MR) is 98.4 cm³/mol. The first-order chi connectivity index (χ1) is 11.8. The van der Waals surface area contributed by atoms with Gasteiger partial charge in [0, 0.05) is 30.9 Å². The second kappa shape index (κ2) is 6.31. The van der Waals surface area contributed by atoms with E-state index in [1.54, 1.807) is 0 Å². The van der Waals surface area contributed by atoms with Crippen LogP contribution in [-0.4, -0.2) is 25.5 Å². The number of carbonyl (C=O) groups is 1. The van der Waals surface area contributed by atoms with Crippen LogP contribution >= 0.6 is 0 Å². The normalized spacial score (nSPS) is 20.4. The number of hydrogen-bond acceptors (Lipinski definition) is 3. The Balaban J connectivity index is 1.70. The molecule has 2 aromatic rings. The SMILES string of the molecule is O=C1CCCCC12CN(c1ccccc1)CN(c1ccccc1)C2. The average Bonchev–Trinajstić information content (AvgIpc) is 2.65. The van der Waals surface area contributed by atoms with Crippen molar-refractivity contribution in [2.24, 2.45) is 5.41 Å². The standard InChI is InChI=1S/C21H24N2O/c24-20-13-7-8-14-21(20)15-22(18-9-3-1-4-10-18)17-23(16-21)19-11-5-2-6-12-19/h1-6,9-12H,7-8,13-17H2. The maximum atomic E-state index is 12.9. The molecule has 2 aromatic carbocycles. The van der Waals surface area contributed by atoms with E-state index in [2.05, 4.69) is 58.3 Å². The zero-order valence-electron chi connectivity index (χ0n) is 14.0. The lowest BCUT2D eigenvalue weighted by Gasteiger charge is -2.50. The minimum Gasteiger partial charge on any atom is -0.353 e. The average molecular weight is 320 g/mol. The van der Waals surface area contributed by atoms with E-state index in [4.69, 9.17) is 0 Å². The molecule has 0 unspecified atom stereocenters. The van der Waals surface area contributed by atoms with Gasteiger partial charge in [-0.1, -0.05) is 42.8 Å². The predicted octanol–water partition coefficient (Wildman–Crippen LogP) is 4.10. The first-order valence-corrected chi connectivity index (χ1v) is 8.90. The Kier molecular flexibility index (Phi) is 4.01. The number of carbonyl (C=O) groups excluding carboxylic acids is 1. The van der Waals surface area contributed by atoms with Gasteiger partial charge in [0.05, 0.1) is 12.1 Å². The first-order valence-electron chi connectivity index (χ1n) is 8.90. The molecule has 1 heterocycles. The third kappa shape index (κ3) is 2.79. The third-order valence-electron chi connectivity index (χ3n) is 5.47. The van der Waals surface area contributed by atoms with E-state index in [9.17, 15) is 4.79 Å². The minimum atomic E-state index is -0.220. The second-order valence-electron chi connectivity index (χ2n) is 7.12. The smallest absolute Gasteiger partial charge is 0.142 e. The molecule has 1 saturated heterocycles. The van der Waals surface area contributed by atoms with E-state index >= 15 is 0 Å². The van der Waals surface area contributed by atoms with Crippen LogP contribution in [0.1, 0.15) is 25.7 Å². The quantitative estimate of drug-likeness (QED) is 0.832. The molecular weight excluding hydrogens is 296 g/mol. The first kappa shape index (κ1) is 15.3. The van der Waals surface area contributed by atoms with Crippen molar-refractivity contribution in [2.45, 2.75) is 25.7 Å². The monoisotopic (exact) mass is 320 g/mol. The Hall–Kier alpha value is -2.29. The minimum absolute atomic E-state index is 0.220. The Morgan fingerprint density at radius 2 is 1.29 bits per heavy atom.